The average molecular weight is 214 g/mol. The van der Waals surface area contributed by atoms with Gasteiger partial charge in [-0.15, -0.1) is 0 Å². The second-order valence-electron chi connectivity index (χ2n) is 4.22. The van der Waals surface area contributed by atoms with Crippen molar-refractivity contribution in [3.05, 3.63) is 0 Å². The highest BCUT2D eigenvalue weighted by Gasteiger charge is 2.23. The van der Waals surface area contributed by atoms with E-state index in [1.165, 1.54) is 0 Å². The molecular weight excluding hydrogens is 192 g/mol. The molecule has 0 radical (unpaired) electrons. The minimum atomic E-state index is -0.361. The third-order valence-electron chi connectivity index (χ3n) is 2.78. The Morgan fingerprint density at radius 1 is 1.60 bits per heavy atom. The number of nitrogens with one attached hydrogen (secondary N) is 1. The molecule has 3 unspecified atom stereocenters. The lowest BCUT2D eigenvalue weighted by atomic mass is 9.93. The number of hydrogen-bond acceptors (Lipinski definition) is 3. The fourth-order valence-electron chi connectivity index (χ4n) is 1.97. The number of carbonyl (C=O) groups excluding carboxylic acids is 1. The van der Waals surface area contributed by atoms with Crippen molar-refractivity contribution in [1.29, 1.82) is 0 Å². The van der Waals surface area contributed by atoms with E-state index in [0.717, 1.165) is 25.7 Å². The Kier molecular flexibility index (Phi) is 5.05. The molecule has 3 atom stereocenters. The zero-order valence-electron chi connectivity index (χ0n) is 9.66. The molecule has 4 nitrogen and oxygen atoms in total. The minimum absolute atomic E-state index is 0.0309. The minimum Gasteiger partial charge on any atom is -0.365 e. The summed E-state index contributed by atoms with van der Waals surface area (Å²) in [4.78, 5) is 11.4. The first kappa shape index (κ1) is 12.5. The van der Waals surface area contributed by atoms with E-state index in [1.807, 2.05) is 6.92 Å². The molecule has 0 bridgehead atoms. The van der Waals surface area contributed by atoms with E-state index in [1.54, 1.807) is 6.92 Å². The summed E-state index contributed by atoms with van der Waals surface area (Å²) in [5, 5.41) is 2.75. The summed E-state index contributed by atoms with van der Waals surface area (Å²) in [6.07, 6.45) is 3.89. The largest absolute Gasteiger partial charge is 0.365 e. The normalized spacial score (nSPS) is 28.5. The van der Waals surface area contributed by atoms with Gasteiger partial charge in [0.1, 0.15) is 6.10 Å². The van der Waals surface area contributed by atoms with Crippen LogP contribution in [-0.2, 0) is 9.53 Å². The summed E-state index contributed by atoms with van der Waals surface area (Å²) >= 11 is 0. The van der Waals surface area contributed by atoms with Crippen molar-refractivity contribution < 1.29 is 9.53 Å². The Morgan fingerprint density at radius 3 is 2.93 bits per heavy atom. The third-order valence-corrected chi connectivity index (χ3v) is 2.78. The third kappa shape index (κ3) is 4.18. The first-order valence-electron chi connectivity index (χ1n) is 5.82. The van der Waals surface area contributed by atoms with Crippen LogP contribution in [-0.4, -0.2) is 30.7 Å². The topological polar surface area (TPSA) is 64.3 Å². The number of hydrogen-bond donors (Lipinski definition) is 2. The van der Waals surface area contributed by atoms with Gasteiger partial charge in [-0.3, -0.25) is 4.79 Å². The summed E-state index contributed by atoms with van der Waals surface area (Å²) < 4.78 is 5.68. The van der Waals surface area contributed by atoms with Crippen molar-refractivity contribution in [2.45, 2.75) is 57.8 Å². The van der Waals surface area contributed by atoms with Crippen LogP contribution < -0.4 is 11.1 Å². The Hall–Kier alpha value is -0.610. The fraction of sp³-hybridized carbons (Fsp3) is 0.909. The van der Waals surface area contributed by atoms with Gasteiger partial charge in [0, 0.05) is 12.6 Å². The lowest BCUT2D eigenvalue weighted by Crippen LogP contribution is -2.39. The Labute approximate surface area is 91.5 Å². The first-order valence-corrected chi connectivity index (χ1v) is 5.82. The summed E-state index contributed by atoms with van der Waals surface area (Å²) in [7, 11) is 0. The molecular formula is C11H22N2O2. The van der Waals surface area contributed by atoms with Crippen molar-refractivity contribution in [3.63, 3.8) is 0 Å². The van der Waals surface area contributed by atoms with Gasteiger partial charge in [0.05, 0.1) is 6.10 Å². The van der Waals surface area contributed by atoms with Crippen molar-refractivity contribution in [2.24, 2.45) is 5.73 Å². The van der Waals surface area contributed by atoms with Gasteiger partial charge < -0.3 is 15.8 Å². The zero-order chi connectivity index (χ0) is 11.3. The smallest absolute Gasteiger partial charge is 0.248 e. The molecule has 0 aromatic carbocycles. The SMILES string of the molecule is CCNC(=O)C(C)OC1CCCC(N)C1. The molecule has 88 valence electrons. The average Bonchev–Trinajstić information content (AvgIpc) is 2.18. The van der Waals surface area contributed by atoms with Gasteiger partial charge in [-0.05, 0) is 39.5 Å². The fourth-order valence-corrected chi connectivity index (χ4v) is 1.97. The molecule has 3 N–H and O–H groups in total. The number of ether oxygens (including phenoxy) is 1. The van der Waals surface area contributed by atoms with Gasteiger partial charge in [0.25, 0.3) is 0 Å². The van der Waals surface area contributed by atoms with Crippen LogP contribution >= 0.6 is 0 Å². The summed E-state index contributed by atoms with van der Waals surface area (Å²) in [6, 6.07) is 0.241. The quantitative estimate of drug-likeness (QED) is 0.727. The van der Waals surface area contributed by atoms with Gasteiger partial charge in [-0.1, -0.05) is 0 Å². The lowest BCUT2D eigenvalue weighted by molar-refractivity contribution is -0.136. The summed E-state index contributed by atoms with van der Waals surface area (Å²) in [6.45, 7) is 4.35. The molecule has 15 heavy (non-hydrogen) atoms. The molecule has 0 aliphatic heterocycles. The molecule has 0 heterocycles. The molecule has 4 heteroatoms. The molecule has 0 saturated heterocycles. The summed E-state index contributed by atoms with van der Waals surface area (Å²) in [5.41, 5.74) is 5.86. The van der Waals surface area contributed by atoms with Gasteiger partial charge >= 0.3 is 0 Å². The van der Waals surface area contributed by atoms with E-state index in [9.17, 15) is 4.79 Å². The monoisotopic (exact) mass is 214 g/mol. The van der Waals surface area contributed by atoms with Crippen molar-refractivity contribution in [1.82, 2.24) is 5.32 Å². The maximum atomic E-state index is 11.4. The van der Waals surface area contributed by atoms with E-state index in [4.69, 9.17) is 10.5 Å². The highest BCUT2D eigenvalue weighted by molar-refractivity contribution is 5.80. The van der Waals surface area contributed by atoms with E-state index >= 15 is 0 Å². The highest BCUT2D eigenvalue weighted by Crippen LogP contribution is 2.20. The molecule has 1 saturated carbocycles. The predicted octanol–water partition coefficient (Wildman–Crippen LogP) is 0.797. The molecule has 1 aliphatic carbocycles. The number of rotatable bonds is 4. The van der Waals surface area contributed by atoms with E-state index < -0.39 is 0 Å². The number of nitrogens with two attached hydrogens (primary N) is 1. The van der Waals surface area contributed by atoms with Crippen LogP contribution in [0.3, 0.4) is 0 Å². The van der Waals surface area contributed by atoms with E-state index in [0.29, 0.717) is 6.54 Å². The van der Waals surface area contributed by atoms with Crippen LogP contribution in [0, 0.1) is 0 Å². The van der Waals surface area contributed by atoms with E-state index in [-0.39, 0.29) is 24.2 Å². The van der Waals surface area contributed by atoms with Crippen LogP contribution in [0.25, 0.3) is 0 Å². The first-order chi connectivity index (χ1) is 7.13. The second kappa shape index (κ2) is 6.08. The van der Waals surface area contributed by atoms with Gasteiger partial charge in [-0.2, -0.15) is 0 Å². The molecule has 1 aliphatic rings. The molecule has 0 aromatic rings. The van der Waals surface area contributed by atoms with Gasteiger partial charge in [0.15, 0.2) is 0 Å². The van der Waals surface area contributed by atoms with Crippen LogP contribution in [0.4, 0.5) is 0 Å². The number of carbonyl (C=O) groups is 1. The highest BCUT2D eigenvalue weighted by atomic mass is 16.5. The van der Waals surface area contributed by atoms with Gasteiger partial charge in [0.2, 0.25) is 5.91 Å². The standard InChI is InChI=1S/C11H22N2O2/c1-3-13-11(14)8(2)15-10-6-4-5-9(12)7-10/h8-10H,3-7,12H2,1-2H3,(H,13,14). The van der Waals surface area contributed by atoms with Gasteiger partial charge in [-0.25, -0.2) is 0 Å². The number of likely N-dealkylation sites (N-methyl/N-ethyl adjacent to an activating group) is 1. The number of amides is 1. The maximum Gasteiger partial charge on any atom is 0.248 e. The van der Waals surface area contributed by atoms with Crippen LogP contribution in [0.15, 0.2) is 0 Å². The molecule has 1 fully saturated rings. The second-order valence-corrected chi connectivity index (χ2v) is 4.22. The Bertz CT molecular complexity index is 209. The lowest BCUT2D eigenvalue weighted by Gasteiger charge is -2.28. The Balaban J connectivity index is 2.30. The van der Waals surface area contributed by atoms with Crippen LogP contribution in [0.2, 0.25) is 0 Å². The maximum absolute atomic E-state index is 11.4. The molecule has 0 aromatic heterocycles. The van der Waals surface area contributed by atoms with Crippen LogP contribution in [0.1, 0.15) is 39.5 Å². The predicted molar refractivity (Wildman–Crippen MR) is 59.5 cm³/mol. The molecule has 1 rings (SSSR count). The van der Waals surface area contributed by atoms with Crippen molar-refractivity contribution in [3.8, 4) is 0 Å². The zero-order valence-corrected chi connectivity index (χ0v) is 9.66. The molecule has 0 spiro atoms. The molecule has 1 amide bonds. The van der Waals surface area contributed by atoms with Crippen LogP contribution in [0.5, 0.6) is 0 Å². The van der Waals surface area contributed by atoms with E-state index in [2.05, 4.69) is 5.32 Å². The van der Waals surface area contributed by atoms with Crippen molar-refractivity contribution >= 4 is 5.91 Å². The summed E-state index contributed by atoms with van der Waals surface area (Å²) in [5.74, 6) is -0.0309. The van der Waals surface area contributed by atoms with Crippen molar-refractivity contribution in [2.75, 3.05) is 6.54 Å². The Morgan fingerprint density at radius 2 is 2.33 bits per heavy atom.